The van der Waals surface area contributed by atoms with Crippen molar-refractivity contribution in [3.63, 3.8) is 0 Å². The highest BCUT2D eigenvalue weighted by molar-refractivity contribution is 5.79. The quantitative estimate of drug-likeness (QED) is 0.810. The number of rotatable bonds is 6. The van der Waals surface area contributed by atoms with Crippen molar-refractivity contribution >= 4 is 5.82 Å². The molecular weight excluding hydrogens is 244 g/mol. The van der Waals surface area contributed by atoms with Crippen LogP contribution in [-0.4, -0.2) is 25.5 Å². The van der Waals surface area contributed by atoms with Crippen LogP contribution in [0.25, 0.3) is 11.1 Å². The lowest BCUT2D eigenvalue weighted by atomic mass is 10.0. The van der Waals surface area contributed by atoms with Crippen LogP contribution in [-0.2, 0) is 11.2 Å². The van der Waals surface area contributed by atoms with E-state index in [1.165, 1.54) is 0 Å². The number of methoxy groups -OCH3 is 1. The summed E-state index contributed by atoms with van der Waals surface area (Å²) in [4.78, 5) is 0. The Bertz CT molecular complexity index is 537. The van der Waals surface area contributed by atoms with Gasteiger partial charge in [-0.05, 0) is 13.0 Å². The van der Waals surface area contributed by atoms with Crippen molar-refractivity contribution in [3.8, 4) is 16.9 Å². The van der Waals surface area contributed by atoms with Crippen molar-refractivity contribution in [2.75, 3.05) is 26.1 Å². The molecule has 0 bridgehead atoms. The third-order valence-electron chi connectivity index (χ3n) is 2.84. The van der Waals surface area contributed by atoms with E-state index in [0.29, 0.717) is 25.5 Å². The molecular formula is C14H18N2O3. The molecule has 0 fully saturated rings. The summed E-state index contributed by atoms with van der Waals surface area (Å²) in [7, 11) is 1.63. The molecule has 1 heterocycles. The van der Waals surface area contributed by atoms with E-state index in [2.05, 4.69) is 5.16 Å². The summed E-state index contributed by atoms with van der Waals surface area (Å²) in [5.41, 5.74) is 7.57. The standard InChI is InChI=1S/C14H18N2O3/c1-3-18-9-8-12-13(14(15)16-19-12)10-6-4-5-7-11(10)17-2/h4-7H,3,8-9H2,1-2H3,(H2,15,16). The maximum absolute atomic E-state index is 5.90. The lowest BCUT2D eigenvalue weighted by molar-refractivity contribution is 0.145. The van der Waals surface area contributed by atoms with Gasteiger partial charge >= 0.3 is 0 Å². The highest BCUT2D eigenvalue weighted by atomic mass is 16.5. The molecule has 2 rings (SSSR count). The zero-order valence-electron chi connectivity index (χ0n) is 11.2. The van der Waals surface area contributed by atoms with Gasteiger partial charge in [-0.15, -0.1) is 0 Å². The molecule has 0 spiro atoms. The SMILES string of the molecule is CCOCCc1onc(N)c1-c1ccccc1OC. The average molecular weight is 262 g/mol. The number of nitrogens with two attached hydrogens (primary N) is 1. The summed E-state index contributed by atoms with van der Waals surface area (Å²) in [5.74, 6) is 1.83. The fourth-order valence-electron chi connectivity index (χ4n) is 1.96. The fourth-order valence-corrected chi connectivity index (χ4v) is 1.96. The number of nitrogen functional groups attached to an aromatic ring is 1. The van der Waals surface area contributed by atoms with Crippen LogP contribution in [0.3, 0.4) is 0 Å². The highest BCUT2D eigenvalue weighted by Gasteiger charge is 2.18. The summed E-state index contributed by atoms with van der Waals surface area (Å²) in [5, 5.41) is 3.84. The predicted octanol–water partition coefficient (Wildman–Crippen LogP) is 2.51. The molecule has 5 nitrogen and oxygen atoms in total. The Balaban J connectivity index is 2.35. The Kier molecular flexibility index (Phi) is 4.41. The number of benzene rings is 1. The molecule has 0 unspecified atom stereocenters. The van der Waals surface area contributed by atoms with E-state index in [4.69, 9.17) is 19.7 Å². The molecule has 0 amide bonds. The zero-order chi connectivity index (χ0) is 13.7. The van der Waals surface area contributed by atoms with Crippen molar-refractivity contribution in [1.82, 2.24) is 5.16 Å². The van der Waals surface area contributed by atoms with Gasteiger partial charge in [0.05, 0.1) is 19.3 Å². The third kappa shape index (κ3) is 2.88. The average Bonchev–Trinajstić information content (AvgIpc) is 2.80. The van der Waals surface area contributed by atoms with E-state index in [-0.39, 0.29) is 0 Å². The van der Waals surface area contributed by atoms with Crippen LogP contribution in [0, 0.1) is 0 Å². The first-order valence-corrected chi connectivity index (χ1v) is 6.23. The van der Waals surface area contributed by atoms with Crippen molar-refractivity contribution in [1.29, 1.82) is 0 Å². The summed E-state index contributed by atoms with van der Waals surface area (Å²) in [6.07, 6.45) is 0.630. The normalized spacial score (nSPS) is 10.6. The smallest absolute Gasteiger partial charge is 0.175 e. The van der Waals surface area contributed by atoms with Crippen LogP contribution in [0.4, 0.5) is 5.82 Å². The fraction of sp³-hybridized carbons (Fsp3) is 0.357. The Morgan fingerprint density at radius 2 is 2.11 bits per heavy atom. The van der Waals surface area contributed by atoms with Gasteiger partial charge in [-0.3, -0.25) is 0 Å². The molecule has 1 aromatic heterocycles. The van der Waals surface area contributed by atoms with Gasteiger partial charge < -0.3 is 19.7 Å². The zero-order valence-corrected chi connectivity index (χ0v) is 11.2. The van der Waals surface area contributed by atoms with Gasteiger partial charge in [0, 0.05) is 18.6 Å². The monoisotopic (exact) mass is 262 g/mol. The molecule has 2 aromatic rings. The Morgan fingerprint density at radius 1 is 1.32 bits per heavy atom. The first kappa shape index (κ1) is 13.4. The lowest BCUT2D eigenvalue weighted by Crippen LogP contribution is -1.99. The molecule has 0 saturated carbocycles. The molecule has 1 aromatic carbocycles. The second kappa shape index (κ2) is 6.24. The Morgan fingerprint density at radius 3 is 2.84 bits per heavy atom. The topological polar surface area (TPSA) is 70.5 Å². The van der Waals surface area contributed by atoms with E-state index in [0.717, 1.165) is 22.6 Å². The van der Waals surface area contributed by atoms with E-state index in [9.17, 15) is 0 Å². The minimum absolute atomic E-state index is 0.371. The number of aromatic nitrogens is 1. The summed E-state index contributed by atoms with van der Waals surface area (Å²) in [6, 6.07) is 7.66. The molecule has 19 heavy (non-hydrogen) atoms. The van der Waals surface area contributed by atoms with E-state index < -0.39 is 0 Å². The number of nitrogens with zero attached hydrogens (tertiary/aromatic N) is 1. The second-order valence-corrected chi connectivity index (χ2v) is 4.01. The van der Waals surface area contributed by atoms with Crippen molar-refractivity contribution in [2.45, 2.75) is 13.3 Å². The van der Waals surface area contributed by atoms with Gasteiger partial charge in [0.15, 0.2) is 5.82 Å². The van der Waals surface area contributed by atoms with Crippen molar-refractivity contribution in [2.24, 2.45) is 0 Å². The van der Waals surface area contributed by atoms with Gasteiger partial charge in [0.25, 0.3) is 0 Å². The first-order chi connectivity index (χ1) is 9.27. The summed E-state index contributed by atoms with van der Waals surface area (Å²) in [6.45, 7) is 3.21. The van der Waals surface area contributed by atoms with Gasteiger partial charge in [-0.25, -0.2) is 0 Å². The van der Waals surface area contributed by atoms with E-state index in [1.54, 1.807) is 7.11 Å². The predicted molar refractivity (Wildman–Crippen MR) is 73.1 cm³/mol. The van der Waals surface area contributed by atoms with Gasteiger partial charge in [0.2, 0.25) is 0 Å². The van der Waals surface area contributed by atoms with E-state index >= 15 is 0 Å². The maximum Gasteiger partial charge on any atom is 0.175 e. The number of hydrogen-bond acceptors (Lipinski definition) is 5. The molecule has 0 atom stereocenters. The van der Waals surface area contributed by atoms with Crippen LogP contribution >= 0.6 is 0 Å². The van der Waals surface area contributed by atoms with Gasteiger partial charge in [-0.1, -0.05) is 23.4 Å². The van der Waals surface area contributed by atoms with Crippen LogP contribution in [0.1, 0.15) is 12.7 Å². The molecule has 0 radical (unpaired) electrons. The minimum atomic E-state index is 0.371. The molecule has 0 aliphatic carbocycles. The molecule has 2 N–H and O–H groups in total. The van der Waals surface area contributed by atoms with Crippen LogP contribution < -0.4 is 10.5 Å². The summed E-state index contributed by atoms with van der Waals surface area (Å²) >= 11 is 0. The van der Waals surface area contributed by atoms with Crippen LogP contribution in [0.15, 0.2) is 28.8 Å². The lowest BCUT2D eigenvalue weighted by Gasteiger charge is -2.08. The minimum Gasteiger partial charge on any atom is -0.496 e. The second-order valence-electron chi connectivity index (χ2n) is 4.01. The third-order valence-corrected chi connectivity index (χ3v) is 2.84. The summed E-state index contributed by atoms with van der Waals surface area (Å²) < 4.78 is 16.0. The number of hydrogen-bond donors (Lipinski definition) is 1. The van der Waals surface area contributed by atoms with Crippen molar-refractivity contribution < 1.29 is 14.0 Å². The molecule has 0 aliphatic heterocycles. The van der Waals surface area contributed by atoms with Gasteiger partial charge in [-0.2, -0.15) is 0 Å². The van der Waals surface area contributed by atoms with Gasteiger partial charge in [0.1, 0.15) is 11.5 Å². The van der Waals surface area contributed by atoms with Crippen LogP contribution in [0.2, 0.25) is 0 Å². The largest absolute Gasteiger partial charge is 0.496 e. The number of ether oxygens (including phenoxy) is 2. The highest BCUT2D eigenvalue weighted by Crippen LogP contribution is 2.36. The molecule has 5 heteroatoms. The molecule has 0 aliphatic rings. The number of para-hydroxylation sites is 1. The Hall–Kier alpha value is -2.01. The number of anilines is 1. The van der Waals surface area contributed by atoms with E-state index in [1.807, 2.05) is 31.2 Å². The molecule has 0 saturated heterocycles. The Labute approximate surface area is 112 Å². The first-order valence-electron chi connectivity index (χ1n) is 6.23. The van der Waals surface area contributed by atoms with Crippen molar-refractivity contribution in [3.05, 3.63) is 30.0 Å². The van der Waals surface area contributed by atoms with Crippen LogP contribution in [0.5, 0.6) is 5.75 Å². The maximum atomic E-state index is 5.90. The molecule has 102 valence electrons.